The van der Waals surface area contributed by atoms with Crippen LogP contribution in [0.2, 0.25) is 0 Å². The Morgan fingerprint density at radius 1 is 1.35 bits per heavy atom. The molecule has 0 saturated heterocycles. The molecule has 0 radical (unpaired) electrons. The molecule has 0 spiro atoms. The highest BCUT2D eigenvalue weighted by Crippen LogP contribution is 2.27. The second-order valence-corrected chi connectivity index (χ2v) is 5.14. The van der Waals surface area contributed by atoms with Crippen LogP contribution in [-0.2, 0) is 6.54 Å². The zero-order valence-corrected chi connectivity index (χ0v) is 10.9. The fourth-order valence-electron chi connectivity index (χ4n) is 2.98. The second kappa shape index (κ2) is 6.80. The van der Waals surface area contributed by atoms with Crippen LogP contribution >= 0.6 is 0 Å². The predicted molar refractivity (Wildman–Crippen MR) is 70.9 cm³/mol. The summed E-state index contributed by atoms with van der Waals surface area (Å²) >= 11 is 0. The van der Waals surface area contributed by atoms with Gasteiger partial charge in [-0.15, -0.1) is 0 Å². The Labute approximate surface area is 105 Å². The summed E-state index contributed by atoms with van der Waals surface area (Å²) in [6, 6.07) is 2.70. The minimum atomic E-state index is 0.714. The number of hydrogen-bond acceptors (Lipinski definition) is 2. The molecule has 0 aliphatic heterocycles. The van der Waals surface area contributed by atoms with E-state index in [4.69, 9.17) is 0 Å². The highest BCUT2D eigenvalue weighted by atomic mass is 15.3. The van der Waals surface area contributed by atoms with Gasteiger partial charge in [0.05, 0.1) is 6.54 Å². The van der Waals surface area contributed by atoms with Crippen LogP contribution < -0.4 is 5.32 Å². The molecule has 96 valence electrons. The molecule has 3 nitrogen and oxygen atoms in total. The molecule has 2 rings (SSSR count). The molecular formula is C14H25N3. The molecule has 17 heavy (non-hydrogen) atoms. The Morgan fingerprint density at radius 2 is 2.18 bits per heavy atom. The van der Waals surface area contributed by atoms with Gasteiger partial charge in [-0.2, -0.15) is 5.10 Å². The molecule has 1 aromatic rings. The van der Waals surface area contributed by atoms with Gasteiger partial charge in [0.2, 0.25) is 0 Å². The van der Waals surface area contributed by atoms with Crippen LogP contribution in [0.5, 0.6) is 0 Å². The Hall–Kier alpha value is -0.830. The smallest absolute Gasteiger partial charge is 0.0534 e. The minimum absolute atomic E-state index is 0.714. The molecule has 1 atom stereocenters. The lowest BCUT2D eigenvalue weighted by molar-refractivity contribution is 0.260. The molecule has 0 aromatic carbocycles. The second-order valence-electron chi connectivity index (χ2n) is 5.14. The van der Waals surface area contributed by atoms with E-state index in [2.05, 4.69) is 17.3 Å². The van der Waals surface area contributed by atoms with Crippen molar-refractivity contribution in [3.05, 3.63) is 18.5 Å². The van der Waals surface area contributed by atoms with Crippen LogP contribution in [0.3, 0.4) is 0 Å². The molecule has 1 aromatic heterocycles. The summed E-state index contributed by atoms with van der Waals surface area (Å²) in [4.78, 5) is 0. The first kappa shape index (κ1) is 12.6. The van der Waals surface area contributed by atoms with Gasteiger partial charge in [-0.05, 0) is 31.2 Å². The van der Waals surface area contributed by atoms with E-state index >= 15 is 0 Å². The number of rotatable bonds is 6. The van der Waals surface area contributed by atoms with Crippen molar-refractivity contribution in [1.82, 2.24) is 15.1 Å². The number of aromatic nitrogens is 2. The first-order valence-corrected chi connectivity index (χ1v) is 7.11. The molecule has 1 aliphatic rings. The molecule has 1 N–H and O–H groups in total. The highest BCUT2D eigenvalue weighted by Gasteiger charge is 2.21. The lowest BCUT2D eigenvalue weighted by Gasteiger charge is -2.30. The van der Waals surface area contributed by atoms with Gasteiger partial charge in [-0.1, -0.05) is 26.2 Å². The summed E-state index contributed by atoms with van der Waals surface area (Å²) in [5, 5.41) is 7.94. The summed E-state index contributed by atoms with van der Waals surface area (Å²) in [6.45, 7) is 4.33. The first-order chi connectivity index (χ1) is 8.40. The van der Waals surface area contributed by atoms with Crippen molar-refractivity contribution in [1.29, 1.82) is 0 Å². The monoisotopic (exact) mass is 235 g/mol. The molecule has 1 saturated carbocycles. The molecule has 0 bridgehead atoms. The molecule has 1 unspecified atom stereocenters. The van der Waals surface area contributed by atoms with E-state index in [0.717, 1.165) is 19.0 Å². The van der Waals surface area contributed by atoms with Crippen LogP contribution in [0.25, 0.3) is 0 Å². The van der Waals surface area contributed by atoms with E-state index in [9.17, 15) is 0 Å². The quantitative estimate of drug-likeness (QED) is 0.821. The zero-order chi connectivity index (χ0) is 11.9. The Balaban J connectivity index is 1.71. The maximum atomic E-state index is 4.23. The average Bonchev–Trinajstić information content (AvgIpc) is 2.89. The molecule has 1 aliphatic carbocycles. The molecular weight excluding hydrogens is 210 g/mol. The summed E-state index contributed by atoms with van der Waals surface area (Å²) in [5.41, 5.74) is 0. The minimum Gasteiger partial charge on any atom is -0.312 e. The van der Waals surface area contributed by atoms with E-state index in [-0.39, 0.29) is 0 Å². The standard InChI is InChI=1S/C14H25N3/c1-2-14(13-7-4-3-5-8-13)15-10-12-17-11-6-9-16-17/h6,9,11,13-15H,2-5,7-8,10,12H2,1H3. The molecule has 3 heteroatoms. The predicted octanol–water partition coefficient (Wildman–Crippen LogP) is 2.83. The fourth-order valence-corrected chi connectivity index (χ4v) is 2.98. The molecule has 1 fully saturated rings. The third-order valence-electron chi connectivity index (χ3n) is 3.97. The highest BCUT2D eigenvalue weighted by molar-refractivity contribution is 4.80. The van der Waals surface area contributed by atoms with Gasteiger partial charge in [0.25, 0.3) is 0 Å². The van der Waals surface area contributed by atoms with Crippen LogP contribution in [0, 0.1) is 5.92 Å². The maximum Gasteiger partial charge on any atom is 0.0534 e. The summed E-state index contributed by atoms with van der Waals surface area (Å²) < 4.78 is 2.00. The summed E-state index contributed by atoms with van der Waals surface area (Å²) in [7, 11) is 0. The lowest BCUT2D eigenvalue weighted by atomic mass is 9.83. The van der Waals surface area contributed by atoms with Crippen molar-refractivity contribution < 1.29 is 0 Å². The third-order valence-corrected chi connectivity index (χ3v) is 3.97. The normalized spacial score (nSPS) is 19.4. The van der Waals surface area contributed by atoms with Crippen molar-refractivity contribution in [2.75, 3.05) is 6.54 Å². The molecule has 0 amide bonds. The molecule has 1 heterocycles. The fraction of sp³-hybridized carbons (Fsp3) is 0.786. The zero-order valence-electron chi connectivity index (χ0n) is 10.9. The van der Waals surface area contributed by atoms with Gasteiger partial charge in [0.15, 0.2) is 0 Å². The van der Waals surface area contributed by atoms with E-state index in [0.29, 0.717) is 6.04 Å². The summed E-state index contributed by atoms with van der Waals surface area (Å²) in [6.07, 6.45) is 12.3. The van der Waals surface area contributed by atoms with Crippen LogP contribution in [0.4, 0.5) is 0 Å². The van der Waals surface area contributed by atoms with Crippen LogP contribution in [0.1, 0.15) is 45.4 Å². The van der Waals surface area contributed by atoms with E-state index < -0.39 is 0 Å². The van der Waals surface area contributed by atoms with Gasteiger partial charge in [-0.25, -0.2) is 0 Å². The van der Waals surface area contributed by atoms with Gasteiger partial charge >= 0.3 is 0 Å². The van der Waals surface area contributed by atoms with Crippen molar-refractivity contribution in [2.24, 2.45) is 5.92 Å². The van der Waals surface area contributed by atoms with Crippen molar-refractivity contribution in [3.8, 4) is 0 Å². The first-order valence-electron chi connectivity index (χ1n) is 7.11. The third kappa shape index (κ3) is 3.84. The van der Waals surface area contributed by atoms with E-state index in [1.807, 2.05) is 23.1 Å². The number of nitrogens with zero attached hydrogens (tertiary/aromatic N) is 2. The topological polar surface area (TPSA) is 29.9 Å². The number of nitrogens with one attached hydrogen (secondary N) is 1. The van der Waals surface area contributed by atoms with Crippen molar-refractivity contribution >= 4 is 0 Å². The Morgan fingerprint density at radius 3 is 2.82 bits per heavy atom. The SMILES string of the molecule is CCC(NCCn1cccn1)C1CCCCC1. The average molecular weight is 235 g/mol. The van der Waals surface area contributed by atoms with Crippen molar-refractivity contribution in [2.45, 2.75) is 58.0 Å². The largest absolute Gasteiger partial charge is 0.312 e. The Bertz CT molecular complexity index is 288. The number of hydrogen-bond donors (Lipinski definition) is 1. The van der Waals surface area contributed by atoms with E-state index in [1.54, 1.807) is 0 Å². The van der Waals surface area contributed by atoms with Gasteiger partial charge < -0.3 is 5.32 Å². The van der Waals surface area contributed by atoms with E-state index in [1.165, 1.54) is 38.5 Å². The lowest BCUT2D eigenvalue weighted by Crippen LogP contribution is -2.38. The van der Waals surface area contributed by atoms with Gasteiger partial charge in [-0.3, -0.25) is 4.68 Å². The van der Waals surface area contributed by atoms with Crippen LogP contribution in [-0.4, -0.2) is 22.4 Å². The van der Waals surface area contributed by atoms with Gasteiger partial charge in [0, 0.05) is 25.0 Å². The maximum absolute atomic E-state index is 4.23. The Kier molecular flexibility index (Phi) is 5.05. The van der Waals surface area contributed by atoms with Crippen LogP contribution in [0.15, 0.2) is 18.5 Å². The summed E-state index contributed by atoms with van der Waals surface area (Å²) in [5.74, 6) is 0.909. The van der Waals surface area contributed by atoms with Gasteiger partial charge in [0.1, 0.15) is 0 Å². The van der Waals surface area contributed by atoms with Crippen molar-refractivity contribution in [3.63, 3.8) is 0 Å².